The highest BCUT2D eigenvalue weighted by Gasteiger charge is 2.30. The number of nitrogens with two attached hydrogens (primary N) is 1. The molecule has 0 bridgehead atoms. The van der Waals surface area contributed by atoms with Crippen LogP contribution < -0.4 is 5.73 Å². The van der Waals surface area contributed by atoms with E-state index < -0.39 is 11.7 Å². The maximum absolute atomic E-state index is 12.5. The molecule has 0 fully saturated rings. The molecule has 0 heterocycles. The maximum atomic E-state index is 12.5. The number of unbranched alkanes of at least 4 members (excludes halogenated alkanes) is 1. The largest absolute Gasteiger partial charge is 0.416 e. The van der Waals surface area contributed by atoms with E-state index in [1.165, 1.54) is 6.07 Å². The van der Waals surface area contributed by atoms with Crippen molar-refractivity contribution in [3.63, 3.8) is 0 Å². The Morgan fingerprint density at radius 3 is 2.67 bits per heavy atom. The van der Waals surface area contributed by atoms with Crippen LogP contribution in [0.5, 0.6) is 0 Å². The molecule has 0 saturated carbocycles. The highest BCUT2D eigenvalue weighted by atomic mass is 19.4. The van der Waals surface area contributed by atoms with E-state index in [9.17, 15) is 13.2 Å². The zero-order chi connectivity index (χ0) is 13.6. The van der Waals surface area contributed by atoms with Crippen LogP contribution in [0.1, 0.15) is 30.4 Å². The van der Waals surface area contributed by atoms with E-state index in [1.807, 2.05) is 0 Å². The predicted octanol–water partition coefficient (Wildman–Crippen LogP) is 3.38. The number of terminal acetylenes is 1. The van der Waals surface area contributed by atoms with Crippen molar-refractivity contribution in [2.45, 2.75) is 37.9 Å². The molecule has 0 aliphatic rings. The molecule has 1 aromatic rings. The van der Waals surface area contributed by atoms with E-state index in [0.717, 1.165) is 25.0 Å². The lowest BCUT2D eigenvalue weighted by Crippen LogP contribution is -2.22. The molecule has 1 rings (SSSR count). The highest BCUT2D eigenvalue weighted by molar-refractivity contribution is 5.26. The van der Waals surface area contributed by atoms with Gasteiger partial charge in [-0.3, -0.25) is 0 Å². The second-order valence-corrected chi connectivity index (χ2v) is 4.26. The van der Waals surface area contributed by atoms with Gasteiger partial charge in [-0.05, 0) is 30.9 Å². The number of rotatable bonds is 5. The van der Waals surface area contributed by atoms with Crippen LogP contribution in [0.4, 0.5) is 13.2 Å². The van der Waals surface area contributed by atoms with Crippen LogP contribution in [0.2, 0.25) is 0 Å². The van der Waals surface area contributed by atoms with Gasteiger partial charge >= 0.3 is 6.18 Å². The van der Waals surface area contributed by atoms with Crippen LogP contribution in [-0.4, -0.2) is 6.04 Å². The molecule has 0 aliphatic carbocycles. The summed E-state index contributed by atoms with van der Waals surface area (Å²) in [4.78, 5) is 0. The van der Waals surface area contributed by atoms with Gasteiger partial charge in [0.15, 0.2) is 0 Å². The minimum absolute atomic E-state index is 0.151. The molecule has 18 heavy (non-hydrogen) atoms. The van der Waals surface area contributed by atoms with Crippen LogP contribution in [0, 0.1) is 12.3 Å². The van der Waals surface area contributed by atoms with Crippen molar-refractivity contribution in [2.24, 2.45) is 5.73 Å². The van der Waals surface area contributed by atoms with Gasteiger partial charge in [0.05, 0.1) is 5.56 Å². The van der Waals surface area contributed by atoms with Crippen molar-refractivity contribution in [2.75, 3.05) is 0 Å². The molecule has 4 heteroatoms. The fraction of sp³-hybridized carbons (Fsp3) is 0.429. The Kier molecular flexibility index (Phi) is 5.24. The summed E-state index contributed by atoms with van der Waals surface area (Å²) in [6.45, 7) is 0. The molecule has 0 aromatic heterocycles. The Balaban J connectivity index is 2.60. The van der Waals surface area contributed by atoms with Crippen LogP contribution in [0.3, 0.4) is 0 Å². The molecule has 2 N–H and O–H groups in total. The average molecular weight is 255 g/mol. The van der Waals surface area contributed by atoms with Crippen molar-refractivity contribution in [3.8, 4) is 12.3 Å². The Morgan fingerprint density at radius 1 is 1.33 bits per heavy atom. The molecule has 0 saturated heterocycles. The zero-order valence-electron chi connectivity index (χ0n) is 10.0. The monoisotopic (exact) mass is 255 g/mol. The van der Waals surface area contributed by atoms with Crippen molar-refractivity contribution < 1.29 is 13.2 Å². The van der Waals surface area contributed by atoms with E-state index in [1.54, 1.807) is 6.07 Å². The molecular formula is C14H16F3N. The summed E-state index contributed by atoms with van der Waals surface area (Å²) in [6.07, 6.45) is 3.43. The molecule has 1 nitrogen and oxygen atoms in total. The maximum Gasteiger partial charge on any atom is 0.416 e. The fourth-order valence-electron chi connectivity index (χ4n) is 1.75. The van der Waals surface area contributed by atoms with E-state index in [4.69, 9.17) is 12.2 Å². The molecule has 98 valence electrons. The van der Waals surface area contributed by atoms with Gasteiger partial charge in [0, 0.05) is 12.5 Å². The van der Waals surface area contributed by atoms with E-state index in [-0.39, 0.29) is 6.04 Å². The molecule has 0 amide bonds. The fourth-order valence-corrected chi connectivity index (χ4v) is 1.75. The van der Waals surface area contributed by atoms with Crippen molar-refractivity contribution in [3.05, 3.63) is 35.4 Å². The molecule has 0 aliphatic heterocycles. The van der Waals surface area contributed by atoms with Gasteiger partial charge in [-0.25, -0.2) is 0 Å². The highest BCUT2D eigenvalue weighted by Crippen LogP contribution is 2.29. The lowest BCUT2D eigenvalue weighted by molar-refractivity contribution is -0.137. The summed E-state index contributed by atoms with van der Waals surface area (Å²) in [5.74, 6) is 2.51. The summed E-state index contributed by atoms with van der Waals surface area (Å²) in [5, 5.41) is 0. The summed E-state index contributed by atoms with van der Waals surface area (Å²) in [5.41, 5.74) is 5.84. The third kappa shape index (κ3) is 4.80. The van der Waals surface area contributed by atoms with Gasteiger partial charge in [-0.15, -0.1) is 12.3 Å². The molecule has 1 aromatic carbocycles. The second kappa shape index (κ2) is 6.46. The molecular weight excluding hydrogens is 239 g/mol. The Morgan fingerprint density at radius 2 is 2.06 bits per heavy atom. The van der Waals surface area contributed by atoms with Gasteiger partial charge in [0.2, 0.25) is 0 Å². The first-order valence-corrected chi connectivity index (χ1v) is 5.78. The SMILES string of the molecule is C#CCCCC(N)Cc1cccc(C(F)(F)F)c1. The smallest absolute Gasteiger partial charge is 0.327 e. The lowest BCUT2D eigenvalue weighted by Gasteiger charge is -2.13. The minimum Gasteiger partial charge on any atom is -0.327 e. The normalized spacial score (nSPS) is 13.1. The number of alkyl halides is 3. The lowest BCUT2D eigenvalue weighted by atomic mass is 10.00. The summed E-state index contributed by atoms with van der Waals surface area (Å²) < 4.78 is 37.5. The zero-order valence-corrected chi connectivity index (χ0v) is 10.0. The van der Waals surface area contributed by atoms with Crippen molar-refractivity contribution >= 4 is 0 Å². The first-order valence-electron chi connectivity index (χ1n) is 5.78. The van der Waals surface area contributed by atoms with Gasteiger partial charge in [0.25, 0.3) is 0 Å². The van der Waals surface area contributed by atoms with Gasteiger partial charge in [-0.1, -0.05) is 18.2 Å². The third-order valence-corrected chi connectivity index (χ3v) is 2.65. The number of benzene rings is 1. The standard InChI is InChI=1S/C14H16F3N/c1-2-3-4-8-13(18)10-11-6-5-7-12(9-11)14(15,16)17/h1,5-7,9,13H,3-4,8,10,18H2. The van der Waals surface area contributed by atoms with Crippen LogP contribution >= 0.6 is 0 Å². The summed E-state index contributed by atoms with van der Waals surface area (Å²) in [6, 6.07) is 5.14. The quantitative estimate of drug-likeness (QED) is 0.633. The van der Waals surface area contributed by atoms with Gasteiger partial charge in [-0.2, -0.15) is 13.2 Å². The van der Waals surface area contributed by atoms with Gasteiger partial charge in [0.1, 0.15) is 0 Å². The number of hydrogen-bond donors (Lipinski definition) is 1. The van der Waals surface area contributed by atoms with Crippen LogP contribution in [0.25, 0.3) is 0 Å². The van der Waals surface area contributed by atoms with Gasteiger partial charge < -0.3 is 5.73 Å². The summed E-state index contributed by atoms with van der Waals surface area (Å²) >= 11 is 0. The first-order chi connectivity index (χ1) is 8.43. The van der Waals surface area contributed by atoms with Crippen LogP contribution in [0.15, 0.2) is 24.3 Å². The topological polar surface area (TPSA) is 26.0 Å². The number of halogens is 3. The second-order valence-electron chi connectivity index (χ2n) is 4.26. The molecule has 1 unspecified atom stereocenters. The van der Waals surface area contributed by atoms with E-state index >= 15 is 0 Å². The van der Waals surface area contributed by atoms with E-state index in [0.29, 0.717) is 18.4 Å². The van der Waals surface area contributed by atoms with Crippen molar-refractivity contribution in [1.82, 2.24) is 0 Å². The molecule has 1 atom stereocenters. The Labute approximate surface area is 105 Å². The average Bonchev–Trinajstić information content (AvgIpc) is 2.28. The van der Waals surface area contributed by atoms with E-state index in [2.05, 4.69) is 5.92 Å². The van der Waals surface area contributed by atoms with Crippen molar-refractivity contribution in [1.29, 1.82) is 0 Å². The summed E-state index contributed by atoms with van der Waals surface area (Å²) in [7, 11) is 0. The van der Waals surface area contributed by atoms with Crippen LogP contribution in [-0.2, 0) is 12.6 Å². The minimum atomic E-state index is -4.30. The molecule has 0 spiro atoms. The first kappa shape index (κ1) is 14.6. The predicted molar refractivity (Wildman–Crippen MR) is 65.8 cm³/mol. The Hall–Kier alpha value is -1.47. The Bertz CT molecular complexity index is 418. The number of hydrogen-bond acceptors (Lipinski definition) is 1. The third-order valence-electron chi connectivity index (χ3n) is 2.65. The molecule has 0 radical (unpaired) electrons.